The van der Waals surface area contributed by atoms with Crippen molar-refractivity contribution in [3.8, 4) is 5.75 Å². The first-order chi connectivity index (χ1) is 9.27. The van der Waals surface area contributed by atoms with Gasteiger partial charge < -0.3 is 14.6 Å². The van der Waals surface area contributed by atoms with E-state index in [2.05, 4.69) is 4.98 Å². The summed E-state index contributed by atoms with van der Waals surface area (Å²) in [5.74, 6) is 0.354. The van der Waals surface area contributed by atoms with Gasteiger partial charge in [-0.2, -0.15) is 0 Å². The van der Waals surface area contributed by atoms with E-state index in [-0.39, 0.29) is 16.9 Å². The SMILES string of the molecule is O=C(c1c[nH]ccc1=O)N1CCOc2ccccc21. The van der Waals surface area contributed by atoms with E-state index in [9.17, 15) is 9.59 Å². The predicted octanol–water partition coefficient (Wildman–Crippen LogP) is 1.41. The average Bonchev–Trinajstić information content (AvgIpc) is 2.46. The first-order valence-electron chi connectivity index (χ1n) is 5.98. The Kier molecular flexibility index (Phi) is 2.79. The van der Waals surface area contributed by atoms with Crippen molar-refractivity contribution in [2.24, 2.45) is 0 Å². The zero-order valence-electron chi connectivity index (χ0n) is 10.1. The third kappa shape index (κ3) is 1.99. The number of benzene rings is 1. The van der Waals surface area contributed by atoms with E-state index in [1.54, 1.807) is 4.90 Å². The number of nitrogens with zero attached hydrogens (tertiary/aromatic N) is 1. The molecule has 1 amide bonds. The van der Waals surface area contributed by atoms with Crippen LogP contribution in [0.4, 0.5) is 5.69 Å². The summed E-state index contributed by atoms with van der Waals surface area (Å²) in [7, 11) is 0. The maximum atomic E-state index is 12.4. The highest BCUT2D eigenvalue weighted by molar-refractivity contribution is 6.06. The van der Waals surface area contributed by atoms with Gasteiger partial charge in [-0.05, 0) is 12.1 Å². The highest BCUT2D eigenvalue weighted by atomic mass is 16.5. The number of ether oxygens (including phenoxy) is 1. The minimum absolute atomic E-state index is 0.138. The fraction of sp³-hybridized carbons (Fsp3) is 0.143. The summed E-state index contributed by atoms with van der Waals surface area (Å²) in [5, 5.41) is 0. The Bertz CT molecular complexity index is 678. The van der Waals surface area contributed by atoms with Crippen LogP contribution in [-0.2, 0) is 0 Å². The van der Waals surface area contributed by atoms with Crippen molar-refractivity contribution in [1.82, 2.24) is 4.98 Å². The van der Waals surface area contributed by atoms with Crippen LogP contribution in [0.1, 0.15) is 10.4 Å². The molecule has 1 N–H and O–H groups in total. The smallest absolute Gasteiger partial charge is 0.263 e. The Morgan fingerprint density at radius 1 is 1.26 bits per heavy atom. The molecule has 1 aliphatic rings. The number of hydrogen-bond donors (Lipinski definition) is 1. The van der Waals surface area contributed by atoms with Gasteiger partial charge in [-0.15, -0.1) is 0 Å². The second-order valence-corrected chi connectivity index (χ2v) is 4.20. The van der Waals surface area contributed by atoms with E-state index in [0.29, 0.717) is 24.6 Å². The van der Waals surface area contributed by atoms with Gasteiger partial charge in [0, 0.05) is 18.5 Å². The molecule has 0 aliphatic carbocycles. The number of carbonyl (C=O) groups is 1. The lowest BCUT2D eigenvalue weighted by molar-refractivity contribution is 0.0975. The molecular weight excluding hydrogens is 244 g/mol. The van der Waals surface area contributed by atoms with Crippen molar-refractivity contribution < 1.29 is 9.53 Å². The average molecular weight is 256 g/mol. The topological polar surface area (TPSA) is 62.4 Å². The van der Waals surface area contributed by atoms with Crippen LogP contribution in [0.3, 0.4) is 0 Å². The number of carbonyl (C=O) groups excluding carboxylic acids is 1. The summed E-state index contributed by atoms with van der Waals surface area (Å²) >= 11 is 0. The van der Waals surface area contributed by atoms with Crippen LogP contribution in [0.25, 0.3) is 0 Å². The zero-order valence-corrected chi connectivity index (χ0v) is 10.1. The molecule has 1 aromatic heterocycles. The summed E-state index contributed by atoms with van der Waals surface area (Å²) in [5.41, 5.74) is 0.550. The molecule has 0 spiro atoms. The minimum Gasteiger partial charge on any atom is -0.490 e. The van der Waals surface area contributed by atoms with Crippen molar-refractivity contribution in [3.63, 3.8) is 0 Å². The van der Waals surface area contributed by atoms with E-state index in [4.69, 9.17) is 4.74 Å². The Labute approximate surface area is 109 Å². The molecule has 1 aromatic carbocycles. The maximum absolute atomic E-state index is 12.4. The third-order valence-electron chi connectivity index (χ3n) is 3.03. The van der Waals surface area contributed by atoms with Gasteiger partial charge in [0.1, 0.15) is 17.9 Å². The minimum atomic E-state index is -0.308. The van der Waals surface area contributed by atoms with Gasteiger partial charge in [0.2, 0.25) is 0 Å². The highest BCUT2D eigenvalue weighted by Gasteiger charge is 2.25. The van der Waals surface area contributed by atoms with E-state index < -0.39 is 0 Å². The molecule has 0 fully saturated rings. The van der Waals surface area contributed by atoms with Crippen molar-refractivity contribution >= 4 is 11.6 Å². The number of hydrogen-bond acceptors (Lipinski definition) is 3. The lowest BCUT2D eigenvalue weighted by Gasteiger charge is -2.29. The first-order valence-corrected chi connectivity index (χ1v) is 5.98. The Morgan fingerprint density at radius 3 is 2.95 bits per heavy atom. The predicted molar refractivity (Wildman–Crippen MR) is 70.7 cm³/mol. The molecule has 0 radical (unpaired) electrons. The van der Waals surface area contributed by atoms with Gasteiger partial charge in [-0.1, -0.05) is 12.1 Å². The lowest BCUT2D eigenvalue weighted by atomic mass is 10.2. The molecule has 96 valence electrons. The largest absolute Gasteiger partial charge is 0.490 e. The zero-order chi connectivity index (χ0) is 13.2. The normalized spacial score (nSPS) is 13.6. The van der Waals surface area contributed by atoms with Crippen LogP contribution in [0, 0.1) is 0 Å². The van der Waals surface area contributed by atoms with Gasteiger partial charge >= 0.3 is 0 Å². The highest BCUT2D eigenvalue weighted by Crippen LogP contribution is 2.31. The number of nitrogens with one attached hydrogen (secondary N) is 1. The fourth-order valence-electron chi connectivity index (χ4n) is 2.11. The number of H-pyrrole nitrogens is 1. The van der Waals surface area contributed by atoms with Gasteiger partial charge in [-0.3, -0.25) is 9.59 Å². The van der Waals surface area contributed by atoms with Gasteiger partial charge in [-0.25, -0.2) is 0 Å². The van der Waals surface area contributed by atoms with E-state index in [0.717, 1.165) is 0 Å². The number of aromatic amines is 1. The molecule has 2 aromatic rings. The summed E-state index contributed by atoms with van der Waals surface area (Å²) in [6, 6.07) is 8.65. The quantitative estimate of drug-likeness (QED) is 0.839. The van der Waals surface area contributed by atoms with Gasteiger partial charge in [0.15, 0.2) is 5.43 Å². The molecule has 5 nitrogen and oxygen atoms in total. The molecule has 0 unspecified atom stereocenters. The summed E-state index contributed by atoms with van der Waals surface area (Å²) in [6.45, 7) is 0.859. The first kappa shape index (κ1) is 11.5. The third-order valence-corrected chi connectivity index (χ3v) is 3.03. The molecular formula is C14H12N2O3. The molecule has 19 heavy (non-hydrogen) atoms. The monoisotopic (exact) mass is 256 g/mol. The van der Waals surface area contributed by atoms with Crippen LogP contribution in [0.2, 0.25) is 0 Å². The Morgan fingerprint density at radius 2 is 2.11 bits per heavy atom. The van der Waals surface area contributed by atoms with Crippen LogP contribution >= 0.6 is 0 Å². The molecule has 3 rings (SSSR count). The number of fused-ring (bicyclic) bond motifs is 1. The van der Waals surface area contributed by atoms with Crippen LogP contribution in [-0.4, -0.2) is 24.0 Å². The number of anilines is 1. The van der Waals surface area contributed by atoms with Crippen LogP contribution < -0.4 is 15.1 Å². The number of pyridine rings is 1. The van der Waals surface area contributed by atoms with Gasteiger partial charge in [0.25, 0.3) is 5.91 Å². The second kappa shape index (κ2) is 4.61. The number of para-hydroxylation sites is 2. The molecule has 0 saturated heterocycles. The molecule has 2 heterocycles. The molecule has 0 saturated carbocycles. The summed E-state index contributed by atoms with van der Waals surface area (Å²) in [6.07, 6.45) is 2.94. The number of amides is 1. The van der Waals surface area contributed by atoms with Crippen molar-refractivity contribution in [2.75, 3.05) is 18.1 Å². The van der Waals surface area contributed by atoms with E-state index >= 15 is 0 Å². The van der Waals surface area contributed by atoms with E-state index in [1.165, 1.54) is 18.5 Å². The standard InChI is InChI=1S/C14H12N2O3/c17-12-5-6-15-9-10(12)14(18)16-7-8-19-13-4-2-1-3-11(13)16/h1-6,9H,7-8H2,(H,15,17). The van der Waals surface area contributed by atoms with Crippen molar-refractivity contribution in [3.05, 3.63) is 58.5 Å². The fourth-order valence-corrected chi connectivity index (χ4v) is 2.11. The Balaban J connectivity index is 2.03. The Hall–Kier alpha value is -2.56. The van der Waals surface area contributed by atoms with E-state index in [1.807, 2.05) is 24.3 Å². The number of rotatable bonds is 1. The van der Waals surface area contributed by atoms with Crippen molar-refractivity contribution in [2.45, 2.75) is 0 Å². The number of aromatic nitrogens is 1. The second-order valence-electron chi connectivity index (χ2n) is 4.20. The molecule has 0 atom stereocenters. The van der Waals surface area contributed by atoms with Crippen LogP contribution in [0.15, 0.2) is 47.5 Å². The van der Waals surface area contributed by atoms with Crippen molar-refractivity contribution in [1.29, 1.82) is 0 Å². The molecule has 5 heteroatoms. The molecule has 1 aliphatic heterocycles. The lowest BCUT2D eigenvalue weighted by Crippen LogP contribution is -2.39. The van der Waals surface area contributed by atoms with Crippen LogP contribution in [0.5, 0.6) is 5.75 Å². The van der Waals surface area contributed by atoms with Gasteiger partial charge in [0.05, 0.1) is 12.2 Å². The summed E-state index contributed by atoms with van der Waals surface area (Å²) in [4.78, 5) is 28.5. The molecule has 0 bridgehead atoms. The maximum Gasteiger partial charge on any atom is 0.263 e. The summed E-state index contributed by atoms with van der Waals surface area (Å²) < 4.78 is 5.49.